The molecule has 0 radical (unpaired) electrons. The lowest BCUT2D eigenvalue weighted by atomic mass is 9.71. The number of nitrogens with one attached hydrogen (secondary N) is 1. The first-order chi connectivity index (χ1) is 10.5. The minimum Gasteiger partial charge on any atom is -0.380 e. The molecule has 6 nitrogen and oxygen atoms in total. The van der Waals surface area contributed by atoms with E-state index in [1.54, 1.807) is 0 Å². The van der Waals surface area contributed by atoms with Crippen LogP contribution in [0.15, 0.2) is 12.3 Å². The molecule has 0 saturated carbocycles. The number of rotatable bonds is 1. The van der Waals surface area contributed by atoms with E-state index in [2.05, 4.69) is 24.3 Å². The van der Waals surface area contributed by atoms with E-state index in [1.165, 1.54) is 0 Å². The highest BCUT2D eigenvalue weighted by Crippen LogP contribution is 2.50. The standard InChI is InChI=1S/C16H24N4O2/c1-15-8-19(9-16(15,2)11-22-10-15)14(21)18-12-4-3-7-20-13(12)5-6-17-20/h5-6,12H,3-4,7-11H2,1-2H3,(H,18,21)/t12?,15-,16+. The van der Waals surface area contributed by atoms with Gasteiger partial charge in [-0.15, -0.1) is 0 Å². The molecule has 1 unspecified atom stereocenters. The molecule has 0 aliphatic carbocycles. The number of carbonyl (C=O) groups excluding carboxylic acids is 1. The van der Waals surface area contributed by atoms with Crippen LogP contribution in [0.25, 0.3) is 0 Å². The van der Waals surface area contributed by atoms with Gasteiger partial charge in [-0.05, 0) is 18.9 Å². The number of aromatic nitrogens is 2. The third-order valence-corrected chi connectivity index (χ3v) is 5.93. The molecule has 3 atom stereocenters. The van der Waals surface area contributed by atoms with Crippen LogP contribution in [0.5, 0.6) is 0 Å². The second-order valence-electron chi connectivity index (χ2n) is 7.59. The zero-order valence-corrected chi connectivity index (χ0v) is 13.3. The van der Waals surface area contributed by atoms with E-state index in [1.807, 2.05) is 21.8 Å². The maximum atomic E-state index is 12.7. The summed E-state index contributed by atoms with van der Waals surface area (Å²) in [5.41, 5.74) is 1.29. The number of nitrogens with zero attached hydrogens (tertiary/aromatic N) is 3. The lowest BCUT2D eigenvalue weighted by molar-refractivity contribution is 0.132. The highest BCUT2D eigenvalue weighted by Gasteiger charge is 2.57. The molecule has 4 rings (SSSR count). The molecule has 2 fully saturated rings. The van der Waals surface area contributed by atoms with Gasteiger partial charge in [-0.3, -0.25) is 4.68 Å². The highest BCUT2D eigenvalue weighted by atomic mass is 16.5. The van der Waals surface area contributed by atoms with Gasteiger partial charge in [0, 0.05) is 36.7 Å². The van der Waals surface area contributed by atoms with Crippen LogP contribution in [0, 0.1) is 10.8 Å². The van der Waals surface area contributed by atoms with Crippen molar-refractivity contribution in [2.75, 3.05) is 26.3 Å². The number of fused-ring (bicyclic) bond motifs is 2. The Labute approximate surface area is 130 Å². The summed E-state index contributed by atoms with van der Waals surface area (Å²) >= 11 is 0. The average Bonchev–Trinajstić information content (AvgIpc) is 3.10. The van der Waals surface area contributed by atoms with E-state index >= 15 is 0 Å². The molecular formula is C16H24N4O2. The van der Waals surface area contributed by atoms with Gasteiger partial charge in [0.05, 0.1) is 24.9 Å². The molecule has 0 bridgehead atoms. The lowest BCUT2D eigenvalue weighted by Gasteiger charge is -2.29. The molecule has 3 aliphatic heterocycles. The van der Waals surface area contributed by atoms with Gasteiger partial charge in [0.25, 0.3) is 0 Å². The molecule has 0 spiro atoms. The van der Waals surface area contributed by atoms with Crippen LogP contribution in [0.3, 0.4) is 0 Å². The van der Waals surface area contributed by atoms with Crippen molar-refractivity contribution >= 4 is 6.03 Å². The summed E-state index contributed by atoms with van der Waals surface area (Å²) in [4.78, 5) is 14.7. The lowest BCUT2D eigenvalue weighted by Crippen LogP contribution is -2.43. The van der Waals surface area contributed by atoms with Crippen molar-refractivity contribution in [3.8, 4) is 0 Å². The normalized spacial score (nSPS) is 37.0. The van der Waals surface area contributed by atoms with Crippen molar-refractivity contribution in [3.05, 3.63) is 18.0 Å². The van der Waals surface area contributed by atoms with Crippen LogP contribution >= 0.6 is 0 Å². The van der Waals surface area contributed by atoms with Gasteiger partial charge in [-0.1, -0.05) is 13.8 Å². The Kier molecular flexibility index (Phi) is 3.01. The van der Waals surface area contributed by atoms with Gasteiger partial charge in [-0.2, -0.15) is 5.10 Å². The molecule has 2 amide bonds. The minimum atomic E-state index is 0.0523. The van der Waals surface area contributed by atoms with Gasteiger partial charge in [0.15, 0.2) is 0 Å². The number of ether oxygens (including phenoxy) is 1. The quantitative estimate of drug-likeness (QED) is 0.860. The smallest absolute Gasteiger partial charge is 0.317 e. The molecular weight excluding hydrogens is 280 g/mol. The van der Waals surface area contributed by atoms with Crippen LogP contribution in [-0.4, -0.2) is 47.0 Å². The van der Waals surface area contributed by atoms with Crippen LogP contribution in [0.1, 0.15) is 38.4 Å². The Hall–Kier alpha value is -1.56. The zero-order valence-electron chi connectivity index (χ0n) is 13.3. The number of carbonyl (C=O) groups is 1. The van der Waals surface area contributed by atoms with Gasteiger partial charge in [0.1, 0.15) is 0 Å². The SMILES string of the molecule is C[C@@]12COC[C@]1(C)CN(C(=O)NC1CCCn3nccc31)C2. The first kappa shape index (κ1) is 14.1. The molecule has 6 heteroatoms. The summed E-state index contributed by atoms with van der Waals surface area (Å²) in [7, 11) is 0. The van der Waals surface area contributed by atoms with E-state index in [4.69, 9.17) is 4.74 Å². The fourth-order valence-electron chi connectivity index (χ4n) is 4.17. The Bertz CT molecular complexity index is 583. The molecule has 4 heterocycles. The first-order valence-electron chi connectivity index (χ1n) is 8.16. The van der Waals surface area contributed by atoms with Crippen molar-refractivity contribution in [1.82, 2.24) is 20.0 Å². The first-order valence-corrected chi connectivity index (χ1v) is 8.16. The predicted octanol–water partition coefficient (Wildman–Crippen LogP) is 1.79. The van der Waals surface area contributed by atoms with Gasteiger partial charge in [0.2, 0.25) is 0 Å². The number of hydrogen-bond donors (Lipinski definition) is 1. The zero-order chi connectivity index (χ0) is 15.4. The number of amides is 2. The number of urea groups is 1. The minimum absolute atomic E-state index is 0.0523. The molecule has 2 saturated heterocycles. The van der Waals surface area contributed by atoms with Crippen LogP contribution in [0.2, 0.25) is 0 Å². The second-order valence-corrected chi connectivity index (χ2v) is 7.59. The van der Waals surface area contributed by atoms with Crippen molar-refractivity contribution in [3.63, 3.8) is 0 Å². The number of likely N-dealkylation sites (tertiary alicyclic amines) is 1. The summed E-state index contributed by atoms with van der Waals surface area (Å²) in [5.74, 6) is 0. The molecule has 3 aliphatic rings. The van der Waals surface area contributed by atoms with Crippen LogP contribution in [0.4, 0.5) is 4.79 Å². The third kappa shape index (κ3) is 1.96. The molecule has 1 aromatic rings. The monoisotopic (exact) mass is 304 g/mol. The van der Waals surface area contributed by atoms with Crippen molar-refractivity contribution < 1.29 is 9.53 Å². The summed E-state index contributed by atoms with van der Waals surface area (Å²) in [5, 5.41) is 7.53. The fraction of sp³-hybridized carbons (Fsp3) is 0.750. The van der Waals surface area contributed by atoms with Crippen molar-refractivity contribution in [2.24, 2.45) is 10.8 Å². The van der Waals surface area contributed by atoms with Gasteiger partial charge < -0.3 is 15.0 Å². The molecule has 1 aromatic heterocycles. The Balaban J connectivity index is 1.47. The maximum absolute atomic E-state index is 12.7. The largest absolute Gasteiger partial charge is 0.380 e. The van der Waals surface area contributed by atoms with Gasteiger partial charge in [-0.25, -0.2) is 4.79 Å². The van der Waals surface area contributed by atoms with E-state index in [9.17, 15) is 4.79 Å². The van der Waals surface area contributed by atoms with Gasteiger partial charge >= 0.3 is 6.03 Å². The summed E-state index contributed by atoms with van der Waals surface area (Å²) < 4.78 is 7.67. The predicted molar refractivity (Wildman–Crippen MR) is 81.3 cm³/mol. The average molecular weight is 304 g/mol. The topological polar surface area (TPSA) is 59.4 Å². The number of aryl methyl sites for hydroxylation is 1. The Morgan fingerprint density at radius 3 is 2.82 bits per heavy atom. The van der Waals surface area contributed by atoms with Crippen molar-refractivity contribution in [1.29, 1.82) is 0 Å². The molecule has 1 N–H and O–H groups in total. The highest BCUT2D eigenvalue weighted by molar-refractivity contribution is 5.75. The van der Waals surface area contributed by atoms with E-state index < -0.39 is 0 Å². The summed E-state index contributed by atoms with van der Waals surface area (Å²) in [6.07, 6.45) is 3.87. The number of hydrogen-bond acceptors (Lipinski definition) is 3. The molecule has 120 valence electrons. The summed E-state index contributed by atoms with van der Waals surface area (Å²) in [6.45, 7) is 8.49. The fourth-order valence-corrected chi connectivity index (χ4v) is 4.17. The van der Waals surface area contributed by atoms with E-state index in [0.29, 0.717) is 0 Å². The van der Waals surface area contributed by atoms with E-state index in [-0.39, 0.29) is 22.9 Å². The maximum Gasteiger partial charge on any atom is 0.317 e. The second kappa shape index (κ2) is 4.72. The van der Waals surface area contributed by atoms with Crippen LogP contribution in [-0.2, 0) is 11.3 Å². The molecule has 22 heavy (non-hydrogen) atoms. The Morgan fingerprint density at radius 2 is 2.09 bits per heavy atom. The summed E-state index contributed by atoms with van der Waals surface area (Å²) in [6, 6.07) is 2.15. The third-order valence-electron chi connectivity index (χ3n) is 5.93. The molecule has 0 aromatic carbocycles. The van der Waals surface area contributed by atoms with E-state index in [0.717, 1.165) is 51.4 Å². The Morgan fingerprint density at radius 1 is 1.36 bits per heavy atom. The van der Waals surface area contributed by atoms with Crippen LogP contribution < -0.4 is 5.32 Å². The van der Waals surface area contributed by atoms with Crippen molar-refractivity contribution in [2.45, 2.75) is 39.3 Å².